The third kappa shape index (κ3) is 1.85. The summed E-state index contributed by atoms with van der Waals surface area (Å²) in [6.07, 6.45) is 7.33. The molecule has 3 aliphatic rings. The Labute approximate surface area is 107 Å². The van der Waals surface area contributed by atoms with Gasteiger partial charge in [-0.25, -0.2) is 0 Å². The van der Waals surface area contributed by atoms with E-state index in [9.17, 15) is 0 Å². The Morgan fingerprint density at radius 1 is 1.12 bits per heavy atom. The molecule has 3 rings (SSSR count). The van der Waals surface area contributed by atoms with Crippen LogP contribution >= 0.6 is 0 Å². The summed E-state index contributed by atoms with van der Waals surface area (Å²) >= 11 is 0. The summed E-state index contributed by atoms with van der Waals surface area (Å²) in [5, 5.41) is 3.88. The van der Waals surface area contributed by atoms with Crippen LogP contribution in [-0.4, -0.2) is 12.6 Å². The van der Waals surface area contributed by atoms with Crippen LogP contribution in [0.1, 0.15) is 52.9 Å². The third-order valence-corrected chi connectivity index (χ3v) is 6.10. The third-order valence-electron chi connectivity index (χ3n) is 6.10. The molecule has 0 aromatic heterocycles. The van der Waals surface area contributed by atoms with Crippen molar-refractivity contribution >= 4 is 0 Å². The molecule has 0 heterocycles. The van der Waals surface area contributed by atoms with Crippen molar-refractivity contribution in [1.29, 1.82) is 0 Å². The van der Waals surface area contributed by atoms with Gasteiger partial charge in [0.1, 0.15) is 0 Å². The number of hydrogen-bond acceptors (Lipinski definition) is 1. The molecular weight excluding hydrogens is 206 g/mol. The topological polar surface area (TPSA) is 12.0 Å². The maximum Gasteiger partial charge on any atom is 0.0126 e. The molecule has 0 amide bonds. The fraction of sp³-hybridized carbons (Fsp3) is 1.00. The van der Waals surface area contributed by atoms with E-state index < -0.39 is 0 Å². The lowest BCUT2D eigenvalue weighted by molar-refractivity contribution is 0.283. The Morgan fingerprint density at radius 3 is 2.29 bits per heavy atom. The largest absolute Gasteiger partial charge is 0.313 e. The fourth-order valence-corrected chi connectivity index (χ4v) is 5.15. The van der Waals surface area contributed by atoms with Crippen molar-refractivity contribution in [3.63, 3.8) is 0 Å². The zero-order valence-corrected chi connectivity index (χ0v) is 11.8. The minimum Gasteiger partial charge on any atom is -0.313 e. The first-order valence-corrected chi connectivity index (χ1v) is 8.01. The van der Waals surface area contributed by atoms with Gasteiger partial charge in [0.05, 0.1) is 0 Å². The SMILES string of the molecule is CCCNC(C(C)CC)C1C2C3CCC(C3)C21. The smallest absolute Gasteiger partial charge is 0.0126 e. The van der Waals surface area contributed by atoms with Gasteiger partial charge in [0, 0.05) is 6.04 Å². The van der Waals surface area contributed by atoms with E-state index in [1.165, 1.54) is 19.4 Å². The molecular formula is C16H29N. The van der Waals surface area contributed by atoms with Crippen molar-refractivity contribution in [3.8, 4) is 0 Å². The van der Waals surface area contributed by atoms with Crippen LogP contribution in [0, 0.1) is 35.5 Å². The lowest BCUT2D eigenvalue weighted by Crippen LogP contribution is -2.39. The van der Waals surface area contributed by atoms with E-state index in [1.807, 2.05) is 0 Å². The highest BCUT2D eigenvalue weighted by molar-refractivity contribution is 5.16. The molecule has 2 bridgehead atoms. The monoisotopic (exact) mass is 235 g/mol. The van der Waals surface area contributed by atoms with E-state index in [2.05, 4.69) is 26.1 Å². The molecule has 98 valence electrons. The van der Waals surface area contributed by atoms with Crippen LogP contribution in [0.5, 0.6) is 0 Å². The minimum atomic E-state index is 0.832. The minimum absolute atomic E-state index is 0.832. The van der Waals surface area contributed by atoms with Gasteiger partial charge in [-0.2, -0.15) is 0 Å². The standard InChI is InChI=1S/C16H29N/c1-4-8-17-16(10(3)5-2)15-13-11-6-7-12(9-11)14(13)15/h10-17H,4-9H2,1-3H3. The van der Waals surface area contributed by atoms with E-state index in [0.29, 0.717) is 0 Å². The predicted molar refractivity (Wildman–Crippen MR) is 72.8 cm³/mol. The molecule has 1 N–H and O–H groups in total. The van der Waals surface area contributed by atoms with Crippen molar-refractivity contribution < 1.29 is 0 Å². The Morgan fingerprint density at radius 2 is 1.76 bits per heavy atom. The maximum absolute atomic E-state index is 3.88. The first-order chi connectivity index (χ1) is 8.27. The van der Waals surface area contributed by atoms with Crippen LogP contribution in [0.4, 0.5) is 0 Å². The lowest BCUT2D eigenvalue weighted by Gasteiger charge is -2.27. The average Bonchev–Trinajstić information content (AvgIpc) is 2.78. The van der Waals surface area contributed by atoms with Gasteiger partial charge in [0.15, 0.2) is 0 Å². The van der Waals surface area contributed by atoms with Crippen molar-refractivity contribution in [2.45, 2.75) is 58.9 Å². The van der Waals surface area contributed by atoms with Gasteiger partial charge in [-0.3, -0.25) is 0 Å². The van der Waals surface area contributed by atoms with Gasteiger partial charge < -0.3 is 5.32 Å². The van der Waals surface area contributed by atoms with Crippen molar-refractivity contribution in [2.75, 3.05) is 6.54 Å². The highest BCUT2D eigenvalue weighted by Crippen LogP contribution is 2.70. The van der Waals surface area contributed by atoms with Gasteiger partial charge in [-0.1, -0.05) is 27.2 Å². The van der Waals surface area contributed by atoms with Crippen LogP contribution < -0.4 is 5.32 Å². The van der Waals surface area contributed by atoms with E-state index in [-0.39, 0.29) is 0 Å². The first-order valence-electron chi connectivity index (χ1n) is 8.01. The Bertz CT molecular complexity index is 259. The average molecular weight is 235 g/mol. The van der Waals surface area contributed by atoms with Crippen LogP contribution in [-0.2, 0) is 0 Å². The van der Waals surface area contributed by atoms with E-state index >= 15 is 0 Å². The van der Waals surface area contributed by atoms with Crippen molar-refractivity contribution in [3.05, 3.63) is 0 Å². The summed E-state index contributed by atoms with van der Waals surface area (Å²) in [5.41, 5.74) is 0. The van der Waals surface area contributed by atoms with Crippen LogP contribution in [0.25, 0.3) is 0 Å². The van der Waals surface area contributed by atoms with Gasteiger partial charge in [0.25, 0.3) is 0 Å². The summed E-state index contributed by atoms with van der Waals surface area (Å²) in [6, 6.07) is 0.832. The molecule has 0 aromatic carbocycles. The lowest BCUT2D eigenvalue weighted by atomic mass is 9.88. The molecule has 1 nitrogen and oxygen atoms in total. The quantitative estimate of drug-likeness (QED) is 0.740. The first kappa shape index (κ1) is 12.0. The normalized spacial score (nSPS) is 45.7. The van der Waals surface area contributed by atoms with E-state index in [1.54, 1.807) is 19.3 Å². The summed E-state index contributed by atoms with van der Waals surface area (Å²) in [4.78, 5) is 0. The zero-order valence-electron chi connectivity index (χ0n) is 11.8. The van der Waals surface area contributed by atoms with Crippen molar-refractivity contribution in [2.24, 2.45) is 35.5 Å². The second-order valence-electron chi connectivity index (χ2n) is 6.93. The molecule has 0 spiro atoms. The van der Waals surface area contributed by atoms with Gasteiger partial charge in [-0.05, 0) is 67.7 Å². The predicted octanol–water partition coefficient (Wildman–Crippen LogP) is 3.69. The van der Waals surface area contributed by atoms with Gasteiger partial charge >= 0.3 is 0 Å². The molecule has 3 fully saturated rings. The van der Waals surface area contributed by atoms with Crippen molar-refractivity contribution in [1.82, 2.24) is 5.32 Å². The second kappa shape index (κ2) is 4.57. The summed E-state index contributed by atoms with van der Waals surface area (Å²) in [5.74, 6) is 6.46. The summed E-state index contributed by atoms with van der Waals surface area (Å²) < 4.78 is 0. The molecule has 1 heteroatoms. The highest BCUT2D eigenvalue weighted by Gasteiger charge is 2.66. The molecule has 0 radical (unpaired) electrons. The number of nitrogens with one attached hydrogen (secondary N) is 1. The number of rotatable bonds is 6. The molecule has 0 aliphatic heterocycles. The fourth-order valence-electron chi connectivity index (χ4n) is 5.15. The molecule has 3 aliphatic carbocycles. The maximum atomic E-state index is 3.88. The number of hydrogen-bond donors (Lipinski definition) is 1. The Kier molecular flexibility index (Phi) is 3.23. The molecule has 0 aromatic rings. The molecule has 3 saturated carbocycles. The highest BCUT2D eigenvalue weighted by atomic mass is 15.0. The summed E-state index contributed by atoms with van der Waals surface area (Å²) in [7, 11) is 0. The van der Waals surface area contributed by atoms with Crippen LogP contribution in [0.3, 0.4) is 0 Å². The van der Waals surface area contributed by atoms with E-state index in [4.69, 9.17) is 0 Å². The molecule has 6 atom stereocenters. The Hall–Kier alpha value is -0.0400. The molecule has 0 saturated heterocycles. The Balaban J connectivity index is 1.65. The summed E-state index contributed by atoms with van der Waals surface area (Å²) in [6.45, 7) is 8.33. The van der Waals surface area contributed by atoms with Gasteiger partial charge in [0.2, 0.25) is 0 Å². The second-order valence-corrected chi connectivity index (χ2v) is 6.93. The van der Waals surface area contributed by atoms with Crippen LogP contribution in [0.2, 0.25) is 0 Å². The van der Waals surface area contributed by atoms with Crippen LogP contribution in [0.15, 0.2) is 0 Å². The molecule has 17 heavy (non-hydrogen) atoms. The van der Waals surface area contributed by atoms with Gasteiger partial charge in [-0.15, -0.1) is 0 Å². The number of fused-ring (bicyclic) bond motifs is 5. The van der Waals surface area contributed by atoms with E-state index in [0.717, 1.165) is 41.5 Å². The zero-order chi connectivity index (χ0) is 12.0. The molecule has 6 unspecified atom stereocenters.